The number of carbonyl (C=O) groups excluding carboxylic acids is 3. The summed E-state index contributed by atoms with van der Waals surface area (Å²) >= 11 is 0. The summed E-state index contributed by atoms with van der Waals surface area (Å²) < 4.78 is 21.1. The molecule has 0 saturated carbocycles. The Morgan fingerprint density at radius 3 is 1.97 bits per heavy atom. The van der Waals surface area contributed by atoms with E-state index in [1.54, 1.807) is 60.7 Å². The lowest BCUT2D eigenvalue weighted by atomic mass is 10.1. The van der Waals surface area contributed by atoms with Crippen LogP contribution in [0.3, 0.4) is 0 Å². The topological polar surface area (TPSA) is 108 Å². The zero-order chi connectivity index (χ0) is 20.8. The zero-order valence-electron chi connectivity index (χ0n) is 15.6. The predicted molar refractivity (Wildman–Crippen MR) is 98.8 cm³/mol. The van der Waals surface area contributed by atoms with Crippen molar-refractivity contribution in [1.29, 1.82) is 0 Å². The molecule has 8 heteroatoms. The maximum Gasteiger partial charge on any atom is 0.338 e. The molecule has 0 radical (unpaired) electrons. The van der Waals surface area contributed by atoms with E-state index < -0.39 is 42.5 Å². The molecule has 2 aromatic rings. The quantitative estimate of drug-likeness (QED) is 0.577. The minimum Gasteiger partial charge on any atom is -0.459 e. The van der Waals surface area contributed by atoms with Gasteiger partial charge in [-0.1, -0.05) is 36.4 Å². The molecule has 1 fully saturated rings. The Morgan fingerprint density at radius 2 is 1.41 bits per heavy atom. The average Bonchev–Trinajstić information content (AvgIpc) is 3.01. The molecule has 1 aliphatic rings. The number of rotatable bonds is 6. The molecule has 152 valence electrons. The molecule has 1 N–H and O–H groups in total. The van der Waals surface area contributed by atoms with E-state index in [2.05, 4.69) is 0 Å². The van der Waals surface area contributed by atoms with Gasteiger partial charge >= 0.3 is 17.9 Å². The Bertz CT molecular complexity index is 851. The van der Waals surface area contributed by atoms with Crippen LogP contribution in [0.15, 0.2) is 60.7 Å². The zero-order valence-corrected chi connectivity index (χ0v) is 15.6. The Kier molecular flexibility index (Phi) is 6.58. The first-order valence-corrected chi connectivity index (χ1v) is 8.94. The summed E-state index contributed by atoms with van der Waals surface area (Å²) in [6.07, 6.45) is -4.96. The number of ether oxygens (including phenoxy) is 4. The van der Waals surface area contributed by atoms with Gasteiger partial charge < -0.3 is 24.1 Å². The van der Waals surface area contributed by atoms with Gasteiger partial charge in [-0.2, -0.15) is 0 Å². The van der Waals surface area contributed by atoms with E-state index >= 15 is 0 Å². The monoisotopic (exact) mass is 400 g/mol. The molecule has 0 aliphatic carbocycles. The maximum absolute atomic E-state index is 12.4. The summed E-state index contributed by atoms with van der Waals surface area (Å²) in [5, 5.41) is 10.1. The molecule has 0 bridgehead atoms. The van der Waals surface area contributed by atoms with Crippen LogP contribution in [0.5, 0.6) is 0 Å². The van der Waals surface area contributed by atoms with Gasteiger partial charge in [0.2, 0.25) is 0 Å². The summed E-state index contributed by atoms with van der Waals surface area (Å²) in [5.74, 6) is -1.97. The van der Waals surface area contributed by atoms with E-state index in [1.807, 2.05) is 0 Å². The molecule has 1 aliphatic heterocycles. The predicted octanol–water partition coefficient (Wildman–Crippen LogP) is 1.72. The van der Waals surface area contributed by atoms with Crippen LogP contribution < -0.4 is 0 Å². The third-order valence-electron chi connectivity index (χ3n) is 4.23. The van der Waals surface area contributed by atoms with E-state index in [4.69, 9.17) is 18.9 Å². The largest absolute Gasteiger partial charge is 0.459 e. The van der Waals surface area contributed by atoms with Crippen molar-refractivity contribution >= 4 is 17.9 Å². The van der Waals surface area contributed by atoms with Gasteiger partial charge in [-0.05, 0) is 24.3 Å². The standard InChI is InChI=1S/C21H20O8/c1-13(22)27-18-17(29-20(24)15-10-6-3-7-11-15)16(28-21(18)25)12-26-19(23)14-8-4-2-5-9-14/h2-11,16-18,21,25H,12H2,1H3/t16-,17+,18-,21?/m0/s1. The number of aliphatic hydroxyl groups is 1. The highest BCUT2D eigenvalue weighted by Crippen LogP contribution is 2.27. The molecule has 1 unspecified atom stereocenters. The van der Waals surface area contributed by atoms with Crippen LogP contribution in [-0.2, 0) is 23.7 Å². The van der Waals surface area contributed by atoms with Crippen molar-refractivity contribution in [1.82, 2.24) is 0 Å². The van der Waals surface area contributed by atoms with Crippen molar-refractivity contribution in [3.63, 3.8) is 0 Å². The summed E-state index contributed by atoms with van der Waals surface area (Å²) in [5.41, 5.74) is 0.607. The van der Waals surface area contributed by atoms with Gasteiger partial charge in [-0.15, -0.1) is 0 Å². The van der Waals surface area contributed by atoms with Crippen LogP contribution in [0.2, 0.25) is 0 Å². The molecule has 0 aromatic heterocycles. The van der Waals surface area contributed by atoms with Gasteiger partial charge in [0.15, 0.2) is 18.5 Å². The summed E-state index contributed by atoms with van der Waals surface area (Å²) in [7, 11) is 0. The number of benzene rings is 2. The summed E-state index contributed by atoms with van der Waals surface area (Å²) in [6.45, 7) is 0.848. The van der Waals surface area contributed by atoms with Gasteiger partial charge in [-0.25, -0.2) is 9.59 Å². The van der Waals surface area contributed by atoms with E-state index in [0.717, 1.165) is 6.92 Å². The molecular formula is C21H20O8. The molecule has 1 heterocycles. The van der Waals surface area contributed by atoms with E-state index in [1.165, 1.54) is 0 Å². The minimum absolute atomic E-state index is 0.274. The summed E-state index contributed by atoms with van der Waals surface area (Å²) in [6, 6.07) is 16.5. The van der Waals surface area contributed by atoms with Crippen LogP contribution in [0.4, 0.5) is 0 Å². The fraction of sp³-hybridized carbons (Fsp3) is 0.286. The second-order valence-corrected chi connectivity index (χ2v) is 6.34. The number of hydrogen-bond donors (Lipinski definition) is 1. The first kappa shape index (κ1) is 20.5. The van der Waals surface area contributed by atoms with E-state index in [0.29, 0.717) is 5.56 Å². The number of hydrogen-bond acceptors (Lipinski definition) is 8. The van der Waals surface area contributed by atoms with Crippen molar-refractivity contribution in [2.45, 2.75) is 31.5 Å². The lowest BCUT2D eigenvalue weighted by Crippen LogP contribution is -2.41. The van der Waals surface area contributed by atoms with Crippen LogP contribution in [0.25, 0.3) is 0 Å². The van der Waals surface area contributed by atoms with Crippen LogP contribution in [0.1, 0.15) is 27.6 Å². The fourth-order valence-electron chi connectivity index (χ4n) is 2.88. The number of esters is 3. The second kappa shape index (κ2) is 9.31. The first-order chi connectivity index (χ1) is 14.0. The minimum atomic E-state index is -1.53. The molecule has 29 heavy (non-hydrogen) atoms. The smallest absolute Gasteiger partial charge is 0.338 e. The fourth-order valence-corrected chi connectivity index (χ4v) is 2.88. The van der Waals surface area contributed by atoms with E-state index in [-0.39, 0.29) is 12.2 Å². The summed E-state index contributed by atoms with van der Waals surface area (Å²) in [4.78, 5) is 36.0. The van der Waals surface area contributed by atoms with Gasteiger partial charge in [0, 0.05) is 6.92 Å². The Morgan fingerprint density at radius 1 is 0.862 bits per heavy atom. The lowest BCUT2D eigenvalue weighted by Gasteiger charge is -2.22. The number of aliphatic hydroxyl groups excluding tert-OH is 1. The molecular weight excluding hydrogens is 380 g/mol. The normalized spacial score (nSPS) is 23.2. The van der Waals surface area contributed by atoms with Crippen molar-refractivity contribution < 1.29 is 38.4 Å². The molecule has 4 atom stereocenters. The van der Waals surface area contributed by atoms with Crippen molar-refractivity contribution in [2.75, 3.05) is 6.61 Å². The van der Waals surface area contributed by atoms with Crippen LogP contribution >= 0.6 is 0 Å². The van der Waals surface area contributed by atoms with Gasteiger partial charge in [0.05, 0.1) is 11.1 Å². The maximum atomic E-state index is 12.4. The van der Waals surface area contributed by atoms with Crippen molar-refractivity contribution in [2.24, 2.45) is 0 Å². The first-order valence-electron chi connectivity index (χ1n) is 8.94. The lowest BCUT2D eigenvalue weighted by molar-refractivity contribution is -0.170. The Labute approximate surface area is 167 Å². The molecule has 0 amide bonds. The van der Waals surface area contributed by atoms with Gasteiger partial charge in [0.1, 0.15) is 12.7 Å². The van der Waals surface area contributed by atoms with Crippen LogP contribution in [0, 0.1) is 0 Å². The third kappa shape index (κ3) is 5.18. The molecule has 1 saturated heterocycles. The SMILES string of the molecule is CC(=O)O[C@@H]1C(O)O[C@@H](COC(=O)c2ccccc2)[C@H]1OC(=O)c1ccccc1. The Hall–Kier alpha value is -3.23. The van der Waals surface area contributed by atoms with Crippen molar-refractivity contribution in [3.05, 3.63) is 71.8 Å². The number of carbonyl (C=O) groups is 3. The molecule has 0 spiro atoms. The highest BCUT2D eigenvalue weighted by molar-refractivity contribution is 5.90. The van der Waals surface area contributed by atoms with Crippen LogP contribution in [-0.4, -0.2) is 54.2 Å². The molecule has 8 nitrogen and oxygen atoms in total. The second-order valence-electron chi connectivity index (χ2n) is 6.34. The highest BCUT2D eigenvalue weighted by atomic mass is 16.7. The molecule has 3 rings (SSSR count). The highest BCUT2D eigenvalue weighted by Gasteiger charge is 2.49. The van der Waals surface area contributed by atoms with Gasteiger partial charge in [-0.3, -0.25) is 4.79 Å². The van der Waals surface area contributed by atoms with Gasteiger partial charge in [0.25, 0.3) is 0 Å². The Balaban J connectivity index is 1.72. The molecule has 2 aromatic carbocycles. The van der Waals surface area contributed by atoms with E-state index in [9.17, 15) is 19.5 Å². The van der Waals surface area contributed by atoms with Crippen molar-refractivity contribution in [3.8, 4) is 0 Å². The third-order valence-corrected chi connectivity index (χ3v) is 4.23. The average molecular weight is 400 g/mol.